The van der Waals surface area contributed by atoms with Crippen molar-refractivity contribution in [2.75, 3.05) is 6.61 Å². The predicted molar refractivity (Wildman–Crippen MR) is 97.4 cm³/mol. The average molecular weight is 418 g/mol. The summed E-state index contributed by atoms with van der Waals surface area (Å²) in [4.78, 5) is 0.455. The molecule has 0 bridgehead atoms. The fourth-order valence-electron chi connectivity index (χ4n) is 3.07. The van der Waals surface area contributed by atoms with Gasteiger partial charge in [0.2, 0.25) is 0 Å². The van der Waals surface area contributed by atoms with E-state index in [9.17, 15) is 0 Å². The number of halogens is 2. The van der Waals surface area contributed by atoms with E-state index in [-0.39, 0.29) is 0 Å². The Hall–Kier alpha value is -0.0200. The van der Waals surface area contributed by atoms with Crippen molar-refractivity contribution < 1.29 is 4.74 Å². The summed E-state index contributed by atoms with van der Waals surface area (Å²) in [7, 11) is 0. The van der Waals surface area contributed by atoms with E-state index in [1.165, 1.54) is 50.5 Å². The lowest BCUT2D eigenvalue weighted by Crippen LogP contribution is -2.07. The van der Waals surface area contributed by atoms with Crippen LogP contribution in [0.3, 0.4) is 0 Å². The Kier molecular flexibility index (Phi) is 7.59. The minimum absolute atomic E-state index is 0.455. The zero-order valence-corrected chi connectivity index (χ0v) is 16.1. The van der Waals surface area contributed by atoms with Gasteiger partial charge in [-0.25, -0.2) is 0 Å². The summed E-state index contributed by atoms with van der Waals surface area (Å²) in [5.41, 5.74) is 1.35. The molecule has 0 aromatic heterocycles. The maximum Gasteiger partial charge on any atom is 0.133 e. The Morgan fingerprint density at radius 2 is 2.00 bits per heavy atom. The lowest BCUT2D eigenvalue weighted by Gasteiger charge is -2.22. The molecule has 0 heterocycles. The largest absolute Gasteiger partial charge is 0.492 e. The van der Waals surface area contributed by atoms with Gasteiger partial charge in [0.05, 0.1) is 11.1 Å². The Bertz CT molecular complexity index is 427. The van der Waals surface area contributed by atoms with E-state index in [2.05, 4.69) is 57.0 Å². The third kappa shape index (κ3) is 5.59. The minimum atomic E-state index is 0.455. The number of hydrogen-bond acceptors (Lipinski definition) is 1. The van der Waals surface area contributed by atoms with E-state index in [1.54, 1.807) is 0 Å². The van der Waals surface area contributed by atoms with Crippen LogP contribution in [-0.2, 0) is 0 Å². The van der Waals surface area contributed by atoms with Crippen LogP contribution in [0.25, 0.3) is 0 Å². The van der Waals surface area contributed by atoms with Crippen molar-refractivity contribution in [1.82, 2.24) is 0 Å². The van der Waals surface area contributed by atoms with Crippen molar-refractivity contribution in [2.24, 2.45) is 5.92 Å². The van der Waals surface area contributed by atoms with Gasteiger partial charge in [-0.2, -0.15) is 0 Å². The van der Waals surface area contributed by atoms with Gasteiger partial charge in [-0.15, -0.1) is 0 Å². The summed E-state index contributed by atoms with van der Waals surface area (Å²) < 4.78 is 6.78. The van der Waals surface area contributed by atoms with E-state index < -0.39 is 0 Å². The third-order valence-corrected chi connectivity index (χ3v) is 5.94. The highest BCUT2D eigenvalue weighted by atomic mass is 79.9. The maximum absolute atomic E-state index is 5.71. The molecule has 0 N–H and O–H groups in total. The van der Waals surface area contributed by atoms with Gasteiger partial charge >= 0.3 is 0 Å². The highest BCUT2D eigenvalue weighted by Crippen LogP contribution is 2.36. The van der Waals surface area contributed by atoms with Crippen LogP contribution < -0.4 is 4.74 Å². The molecule has 1 aromatic carbocycles. The fourth-order valence-corrected chi connectivity index (χ4v) is 4.13. The Morgan fingerprint density at radius 1 is 1.24 bits per heavy atom. The number of benzene rings is 1. The second-order valence-electron chi connectivity index (χ2n) is 6.09. The first kappa shape index (κ1) is 17.3. The Labute approximate surface area is 146 Å². The molecule has 1 unspecified atom stereocenters. The highest BCUT2D eigenvalue weighted by Gasteiger charge is 2.16. The summed E-state index contributed by atoms with van der Waals surface area (Å²) in [6.07, 6.45) is 10.8. The summed E-state index contributed by atoms with van der Waals surface area (Å²) in [5, 5.41) is 0. The quantitative estimate of drug-likeness (QED) is 0.432. The van der Waals surface area contributed by atoms with Crippen LogP contribution in [0.5, 0.6) is 5.75 Å². The molecule has 1 atom stereocenters. The van der Waals surface area contributed by atoms with Gasteiger partial charge in [-0.1, -0.05) is 61.0 Å². The Morgan fingerprint density at radius 3 is 2.67 bits per heavy atom. The third-order valence-electron chi connectivity index (χ3n) is 4.33. The lowest BCUT2D eigenvalue weighted by atomic mass is 9.85. The molecule has 0 spiro atoms. The SMILES string of the molecule is CCCOc1ccc(C(Br)CCC2CCCCC2)cc1Br. The normalized spacial score (nSPS) is 17.7. The van der Waals surface area contributed by atoms with Crippen LogP contribution >= 0.6 is 31.9 Å². The van der Waals surface area contributed by atoms with Crippen molar-refractivity contribution in [3.05, 3.63) is 28.2 Å². The molecule has 2 rings (SSSR count). The zero-order valence-electron chi connectivity index (χ0n) is 12.9. The molecule has 1 fully saturated rings. The second-order valence-corrected chi connectivity index (χ2v) is 8.05. The van der Waals surface area contributed by atoms with Crippen molar-refractivity contribution in [3.8, 4) is 5.75 Å². The molecule has 0 aliphatic heterocycles. The van der Waals surface area contributed by atoms with Crippen molar-refractivity contribution >= 4 is 31.9 Å². The van der Waals surface area contributed by atoms with Gasteiger partial charge in [0.15, 0.2) is 0 Å². The van der Waals surface area contributed by atoms with Crippen LogP contribution in [0.1, 0.15) is 68.7 Å². The Balaban J connectivity index is 1.86. The first-order valence-corrected chi connectivity index (χ1v) is 9.98. The number of alkyl halides is 1. The van der Waals surface area contributed by atoms with E-state index in [4.69, 9.17) is 4.74 Å². The standard InChI is InChI=1S/C18H26Br2O/c1-2-12-21-18-11-9-15(13-17(18)20)16(19)10-8-14-6-4-3-5-7-14/h9,11,13-14,16H,2-8,10,12H2,1H3. The topological polar surface area (TPSA) is 9.23 Å². The molecular weight excluding hydrogens is 392 g/mol. The lowest BCUT2D eigenvalue weighted by molar-refractivity contribution is 0.315. The van der Waals surface area contributed by atoms with Crippen LogP contribution in [0, 0.1) is 5.92 Å². The molecular formula is C18H26Br2O. The average Bonchev–Trinajstić information content (AvgIpc) is 2.52. The molecule has 0 radical (unpaired) electrons. The van der Waals surface area contributed by atoms with Gasteiger partial charge in [-0.05, 0) is 58.8 Å². The minimum Gasteiger partial charge on any atom is -0.492 e. The summed E-state index contributed by atoms with van der Waals surface area (Å²) in [6.45, 7) is 2.90. The fraction of sp³-hybridized carbons (Fsp3) is 0.667. The van der Waals surface area contributed by atoms with E-state index in [0.717, 1.165) is 29.2 Å². The first-order chi connectivity index (χ1) is 10.2. The summed E-state index contributed by atoms with van der Waals surface area (Å²) in [6, 6.07) is 6.48. The number of ether oxygens (including phenoxy) is 1. The van der Waals surface area contributed by atoms with Crippen LogP contribution in [0.2, 0.25) is 0 Å². The van der Waals surface area contributed by atoms with Gasteiger partial charge in [0.25, 0.3) is 0 Å². The number of rotatable bonds is 7. The van der Waals surface area contributed by atoms with Gasteiger partial charge < -0.3 is 4.74 Å². The first-order valence-electron chi connectivity index (χ1n) is 8.27. The van der Waals surface area contributed by atoms with Crippen molar-refractivity contribution in [1.29, 1.82) is 0 Å². The molecule has 3 heteroatoms. The molecule has 0 amide bonds. The molecule has 1 aromatic rings. The maximum atomic E-state index is 5.71. The molecule has 0 saturated heterocycles. The van der Waals surface area contributed by atoms with E-state index in [0.29, 0.717) is 4.83 Å². The summed E-state index contributed by atoms with van der Waals surface area (Å²) >= 11 is 7.49. The van der Waals surface area contributed by atoms with Crippen LogP contribution in [-0.4, -0.2) is 6.61 Å². The molecule has 1 aliphatic rings. The molecule has 21 heavy (non-hydrogen) atoms. The molecule has 118 valence electrons. The smallest absolute Gasteiger partial charge is 0.133 e. The highest BCUT2D eigenvalue weighted by molar-refractivity contribution is 9.10. The van der Waals surface area contributed by atoms with Gasteiger partial charge in [0.1, 0.15) is 5.75 Å². The number of hydrogen-bond donors (Lipinski definition) is 0. The molecule has 1 aliphatic carbocycles. The summed E-state index contributed by atoms with van der Waals surface area (Å²) in [5.74, 6) is 1.90. The van der Waals surface area contributed by atoms with E-state index in [1.807, 2.05) is 0 Å². The van der Waals surface area contributed by atoms with Crippen molar-refractivity contribution in [3.63, 3.8) is 0 Å². The molecule has 1 nitrogen and oxygen atoms in total. The predicted octanol–water partition coefficient (Wildman–Crippen LogP) is 7.03. The zero-order chi connectivity index (χ0) is 15.1. The van der Waals surface area contributed by atoms with Crippen molar-refractivity contribution in [2.45, 2.75) is 63.1 Å². The van der Waals surface area contributed by atoms with Crippen LogP contribution in [0.15, 0.2) is 22.7 Å². The van der Waals surface area contributed by atoms with Crippen LogP contribution in [0.4, 0.5) is 0 Å². The van der Waals surface area contributed by atoms with Gasteiger partial charge in [0, 0.05) is 4.83 Å². The molecule has 1 saturated carbocycles. The van der Waals surface area contributed by atoms with Gasteiger partial charge in [-0.3, -0.25) is 0 Å². The van der Waals surface area contributed by atoms with E-state index >= 15 is 0 Å². The second kappa shape index (κ2) is 9.19. The monoisotopic (exact) mass is 416 g/mol.